The first-order valence-corrected chi connectivity index (χ1v) is 8.05. The Bertz CT molecular complexity index is 619. The molecule has 1 aliphatic carbocycles. The van der Waals surface area contributed by atoms with Crippen molar-refractivity contribution in [2.45, 2.75) is 20.3 Å². The number of allylic oxidation sites excluding steroid dienone is 1. The van der Waals surface area contributed by atoms with Gasteiger partial charge >= 0.3 is 6.03 Å². The summed E-state index contributed by atoms with van der Waals surface area (Å²) in [5.41, 5.74) is 0.717. The Hall–Kier alpha value is -2.28. The van der Waals surface area contributed by atoms with E-state index in [4.69, 9.17) is 4.74 Å². The van der Waals surface area contributed by atoms with Gasteiger partial charge in [-0.3, -0.25) is 14.5 Å². The van der Waals surface area contributed by atoms with E-state index < -0.39 is 11.9 Å². The highest BCUT2D eigenvalue weighted by molar-refractivity contribution is 6.23. The first kappa shape index (κ1) is 18.1. The number of carbonyl (C=O) groups is 3. The third-order valence-corrected chi connectivity index (χ3v) is 3.87. The Labute approximate surface area is 141 Å². The fraction of sp³-hybridized carbons (Fsp3) is 0.529. The summed E-state index contributed by atoms with van der Waals surface area (Å²) in [6, 6.07) is -0.616. The third kappa shape index (κ3) is 4.17. The van der Waals surface area contributed by atoms with Crippen LogP contribution < -0.4 is 5.32 Å². The summed E-state index contributed by atoms with van der Waals surface area (Å²) in [6.45, 7) is 5.18. The number of methoxy groups -OCH3 is 1. The molecule has 1 aliphatic heterocycles. The summed E-state index contributed by atoms with van der Waals surface area (Å²) in [5, 5.41) is 2.83. The normalized spacial score (nSPS) is 20.0. The number of fused-ring (bicyclic) bond motifs is 1. The number of amides is 4. The van der Waals surface area contributed by atoms with E-state index in [0.29, 0.717) is 23.7 Å². The zero-order valence-corrected chi connectivity index (χ0v) is 14.2. The SMILES string of the molecule is COCCN1C(=O)N=C2C=C(C(=O)NCCC(C)C)C=CC2C1=O. The zero-order chi connectivity index (χ0) is 17.7. The predicted molar refractivity (Wildman–Crippen MR) is 89.6 cm³/mol. The number of aliphatic imine (C=N–C) groups is 1. The van der Waals surface area contributed by atoms with Gasteiger partial charge in [-0.1, -0.05) is 26.0 Å². The van der Waals surface area contributed by atoms with Crippen LogP contribution in [-0.2, 0) is 14.3 Å². The maximum Gasteiger partial charge on any atom is 0.350 e. The minimum atomic E-state index is -0.619. The van der Waals surface area contributed by atoms with Crippen molar-refractivity contribution in [3.05, 3.63) is 23.8 Å². The van der Waals surface area contributed by atoms with Crippen LogP contribution in [0, 0.1) is 11.8 Å². The Morgan fingerprint density at radius 1 is 1.42 bits per heavy atom. The number of carbonyl (C=O) groups excluding carboxylic acids is 3. The molecule has 7 nitrogen and oxygen atoms in total. The lowest BCUT2D eigenvalue weighted by Gasteiger charge is -2.28. The largest absolute Gasteiger partial charge is 0.383 e. The molecule has 0 aromatic carbocycles. The number of urea groups is 1. The second-order valence-electron chi connectivity index (χ2n) is 6.18. The van der Waals surface area contributed by atoms with Gasteiger partial charge in [0.2, 0.25) is 5.91 Å². The minimum Gasteiger partial charge on any atom is -0.383 e. The van der Waals surface area contributed by atoms with Crippen molar-refractivity contribution in [3.8, 4) is 0 Å². The fourth-order valence-corrected chi connectivity index (χ4v) is 2.45. The van der Waals surface area contributed by atoms with Crippen LogP contribution in [0.2, 0.25) is 0 Å². The Balaban J connectivity index is 2.08. The van der Waals surface area contributed by atoms with Crippen molar-refractivity contribution in [2.75, 3.05) is 26.8 Å². The van der Waals surface area contributed by atoms with E-state index in [0.717, 1.165) is 11.3 Å². The number of hydrogen-bond donors (Lipinski definition) is 1. The highest BCUT2D eigenvalue weighted by Gasteiger charge is 2.36. The smallest absolute Gasteiger partial charge is 0.350 e. The van der Waals surface area contributed by atoms with Crippen LogP contribution in [0.25, 0.3) is 0 Å². The second-order valence-corrected chi connectivity index (χ2v) is 6.18. The first-order valence-electron chi connectivity index (χ1n) is 8.05. The number of imide groups is 1. The maximum atomic E-state index is 12.4. The molecular formula is C17H23N3O4. The van der Waals surface area contributed by atoms with E-state index in [1.165, 1.54) is 13.2 Å². The summed E-state index contributed by atoms with van der Waals surface area (Å²) in [5.74, 6) is -0.683. The van der Waals surface area contributed by atoms with E-state index >= 15 is 0 Å². The summed E-state index contributed by atoms with van der Waals surface area (Å²) < 4.78 is 4.90. The van der Waals surface area contributed by atoms with Crippen LogP contribution in [0.1, 0.15) is 20.3 Å². The Morgan fingerprint density at radius 3 is 2.83 bits per heavy atom. The van der Waals surface area contributed by atoms with Gasteiger partial charge in [0.05, 0.1) is 24.8 Å². The van der Waals surface area contributed by atoms with Gasteiger partial charge in [0, 0.05) is 19.2 Å². The second kappa shape index (κ2) is 8.01. The van der Waals surface area contributed by atoms with Gasteiger partial charge in [-0.15, -0.1) is 0 Å². The molecule has 0 aromatic rings. The quantitative estimate of drug-likeness (QED) is 0.761. The summed E-state index contributed by atoms with van der Waals surface area (Å²) in [6.07, 6.45) is 5.62. The number of ether oxygens (including phenoxy) is 1. The predicted octanol–water partition coefficient (Wildman–Crippen LogP) is 1.31. The number of rotatable bonds is 7. The lowest BCUT2D eigenvalue weighted by Crippen LogP contribution is -2.47. The van der Waals surface area contributed by atoms with E-state index in [1.807, 2.05) is 0 Å². The van der Waals surface area contributed by atoms with E-state index in [9.17, 15) is 14.4 Å². The maximum absolute atomic E-state index is 12.4. The highest BCUT2D eigenvalue weighted by atomic mass is 16.5. The zero-order valence-electron chi connectivity index (χ0n) is 14.2. The molecular weight excluding hydrogens is 310 g/mol. The third-order valence-electron chi connectivity index (χ3n) is 3.87. The molecule has 0 saturated heterocycles. The average Bonchev–Trinajstić information content (AvgIpc) is 2.53. The highest BCUT2D eigenvalue weighted by Crippen LogP contribution is 2.22. The molecule has 0 aromatic heterocycles. The van der Waals surface area contributed by atoms with Gasteiger partial charge in [-0.25, -0.2) is 4.79 Å². The standard InChI is InChI=1S/C17H23N3O4/c1-11(2)6-7-18-15(21)12-4-5-13-14(10-12)19-17(23)20(16(13)22)8-9-24-3/h4-5,10-11,13H,6-9H2,1-3H3,(H,18,21). The molecule has 0 saturated carbocycles. The molecule has 2 aliphatic rings. The van der Waals surface area contributed by atoms with Crippen molar-refractivity contribution in [1.29, 1.82) is 0 Å². The minimum absolute atomic E-state index is 0.168. The number of hydrogen-bond acceptors (Lipinski definition) is 4. The average molecular weight is 333 g/mol. The number of nitrogens with zero attached hydrogens (tertiary/aromatic N) is 2. The van der Waals surface area contributed by atoms with Gasteiger partial charge in [-0.05, 0) is 18.4 Å². The van der Waals surface area contributed by atoms with Crippen LogP contribution in [0.4, 0.5) is 4.79 Å². The molecule has 2 rings (SSSR count). The van der Waals surface area contributed by atoms with Crippen LogP contribution in [0.5, 0.6) is 0 Å². The van der Waals surface area contributed by atoms with Gasteiger partial charge in [-0.2, -0.15) is 4.99 Å². The van der Waals surface area contributed by atoms with Crippen LogP contribution in [0.3, 0.4) is 0 Å². The van der Waals surface area contributed by atoms with Crippen molar-refractivity contribution < 1.29 is 19.1 Å². The molecule has 0 bridgehead atoms. The van der Waals surface area contributed by atoms with E-state index in [2.05, 4.69) is 24.2 Å². The molecule has 1 unspecified atom stereocenters. The fourth-order valence-electron chi connectivity index (χ4n) is 2.45. The Morgan fingerprint density at radius 2 is 2.17 bits per heavy atom. The Kier molecular flexibility index (Phi) is 6.03. The lowest BCUT2D eigenvalue weighted by molar-refractivity contribution is -0.130. The van der Waals surface area contributed by atoms with E-state index in [1.54, 1.807) is 12.2 Å². The molecule has 7 heteroatoms. The molecule has 1 heterocycles. The summed E-state index contributed by atoms with van der Waals surface area (Å²) >= 11 is 0. The van der Waals surface area contributed by atoms with Gasteiger partial charge in [0.15, 0.2) is 0 Å². The summed E-state index contributed by atoms with van der Waals surface area (Å²) in [4.78, 5) is 41.5. The molecule has 0 radical (unpaired) electrons. The van der Waals surface area contributed by atoms with Crippen molar-refractivity contribution in [1.82, 2.24) is 10.2 Å². The van der Waals surface area contributed by atoms with Crippen LogP contribution in [0.15, 0.2) is 28.8 Å². The molecule has 1 N–H and O–H groups in total. The molecule has 4 amide bonds. The van der Waals surface area contributed by atoms with E-state index in [-0.39, 0.29) is 25.0 Å². The van der Waals surface area contributed by atoms with Crippen molar-refractivity contribution >= 4 is 23.6 Å². The van der Waals surface area contributed by atoms with Gasteiger partial charge in [0.25, 0.3) is 5.91 Å². The molecule has 130 valence electrons. The topological polar surface area (TPSA) is 88.1 Å². The van der Waals surface area contributed by atoms with Crippen LogP contribution >= 0.6 is 0 Å². The monoisotopic (exact) mass is 333 g/mol. The first-order chi connectivity index (χ1) is 11.4. The van der Waals surface area contributed by atoms with Gasteiger partial charge in [0.1, 0.15) is 0 Å². The molecule has 1 atom stereocenters. The summed E-state index contributed by atoms with van der Waals surface area (Å²) in [7, 11) is 1.50. The number of nitrogens with one attached hydrogen (secondary N) is 1. The van der Waals surface area contributed by atoms with Crippen LogP contribution in [-0.4, -0.2) is 55.3 Å². The lowest BCUT2D eigenvalue weighted by atomic mass is 9.91. The van der Waals surface area contributed by atoms with Crippen molar-refractivity contribution in [3.63, 3.8) is 0 Å². The van der Waals surface area contributed by atoms with Crippen molar-refractivity contribution in [2.24, 2.45) is 16.8 Å². The molecule has 0 fully saturated rings. The van der Waals surface area contributed by atoms with Gasteiger partial charge < -0.3 is 10.1 Å². The molecule has 24 heavy (non-hydrogen) atoms. The molecule has 0 spiro atoms.